The van der Waals surface area contributed by atoms with Crippen LogP contribution in [-0.2, 0) is 6.54 Å². The van der Waals surface area contributed by atoms with Crippen molar-refractivity contribution in [2.75, 3.05) is 26.2 Å². The first-order valence-electron chi connectivity index (χ1n) is 11.7. The predicted octanol–water partition coefficient (Wildman–Crippen LogP) is 5.23. The van der Waals surface area contributed by atoms with E-state index in [0.29, 0.717) is 24.9 Å². The van der Waals surface area contributed by atoms with Crippen LogP contribution in [-0.4, -0.2) is 46.9 Å². The summed E-state index contributed by atoms with van der Waals surface area (Å²) in [5, 5.41) is 0. The number of benzene rings is 2. The second-order valence-corrected chi connectivity index (χ2v) is 9.38. The predicted molar refractivity (Wildman–Crippen MR) is 129 cm³/mol. The molecule has 1 amide bonds. The van der Waals surface area contributed by atoms with Crippen molar-refractivity contribution in [3.63, 3.8) is 0 Å². The summed E-state index contributed by atoms with van der Waals surface area (Å²) in [5.41, 5.74) is 2.48. The van der Waals surface area contributed by atoms with Gasteiger partial charge in [-0.25, -0.2) is 4.39 Å². The topological polar surface area (TPSA) is 36.4 Å². The van der Waals surface area contributed by atoms with Crippen LogP contribution < -0.4 is 0 Å². The monoisotopic (exact) mass is 445 g/mol. The van der Waals surface area contributed by atoms with Crippen molar-refractivity contribution < 1.29 is 9.18 Å². The number of halogens is 1. The van der Waals surface area contributed by atoms with Crippen LogP contribution in [0.1, 0.15) is 41.4 Å². The van der Waals surface area contributed by atoms with Crippen molar-refractivity contribution in [2.24, 2.45) is 11.8 Å². The Morgan fingerprint density at radius 2 is 1.76 bits per heavy atom. The number of hydrogen-bond donors (Lipinski definition) is 0. The van der Waals surface area contributed by atoms with E-state index in [-0.39, 0.29) is 17.4 Å². The summed E-state index contributed by atoms with van der Waals surface area (Å²) in [6, 6.07) is 22.8. The maximum atomic E-state index is 14.4. The fourth-order valence-electron chi connectivity index (χ4n) is 4.84. The number of carbonyl (C=O) groups is 1. The van der Waals surface area contributed by atoms with Gasteiger partial charge in [-0.2, -0.15) is 0 Å². The molecule has 2 aromatic carbocycles. The highest BCUT2D eigenvalue weighted by Crippen LogP contribution is 2.34. The summed E-state index contributed by atoms with van der Waals surface area (Å²) in [5.74, 6) is 0.168. The number of hydrogen-bond acceptors (Lipinski definition) is 3. The molecule has 1 fully saturated rings. The Kier molecular flexibility index (Phi) is 7.50. The van der Waals surface area contributed by atoms with Gasteiger partial charge in [0, 0.05) is 44.8 Å². The van der Waals surface area contributed by atoms with Gasteiger partial charge >= 0.3 is 0 Å². The van der Waals surface area contributed by atoms with Crippen molar-refractivity contribution >= 4 is 5.91 Å². The maximum absolute atomic E-state index is 14.4. The summed E-state index contributed by atoms with van der Waals surface area (Å²) >= 11 is 0. The van der Waals surface area contributed by atoms with Gasteiger partial charge in [0.1, 0.15) is 5.82 Å². The Labute approximate surface area is 196 Å². The molecule has 2 atom stereocenters. The minimum Gasteiger partial charge on any atom is -0.338 e. The highest BCUT2D eigenvalue weighted by molar-refractivity contribution is 5.94. The van der Waals surface area contributed by atoms with Gasteiger partial charge in [-0.3, -0.25) is 14.7 Å². The van der Waals surface area contributed by atoms with Crippen molar-refractivity contribution in [2.45, 2.75) is 26.3 Å². The highest BCUT2D eigenvalue weighted by atomic mass is 19.1. The van der Waals surface area contributed by atoms with Crippen molar-refractivity contribution in [3.8, 4) is 0 Å². The zero-order chi connectivity index (χ0) is 23.2. The summed E-state index contributed by atoms with van der Waals surface area (Å²) in [6.07, 6.45) is 1.83. The highest BCUT2D eigenvalue weighted by Gasteiger charge is 2.36. The zero-order valence-electron chi connectivity index (χ0n) is 19.4. The molecule has 1 aromatic heterocycles. The van der Waals surface area contributed by atoms with Crippen LogP contribution in [0.3, 0.4) is 0 Å². The fourth-order valence-corrected chi connectivity index (χ4v) is 4.84. The Bertz CT molecular complexity index is 1040. The zero-order valence-corrected chi connectivity index (χ0v) is 19.4. The number of carbonyl (C=O) groups excluding carboxylic acids is 1. The van der Waals surface area contributed by atoms with Gasteiger partial charge in [0.25, 0.3) is 5.91 Å². The van der Waals surface area contributed by atoms with Gasteiger partial charge < -0.3 is 4.90 Å². The average Bonchev–Trinajstić information content (AvgIpc) is 3.21. The largest absolute Gasteiger partial charge is 0.338 e. The van der Waals surface area contributed by atoms with Crippen LogP contribution >= 0.6 is 0 Å². The molecule has 172 valence electrons. The molecular formula is C28H32FN3O. The van der Waals surface area contributed by atoms with Crippen LogP contribution in [0.15, 0.2) is 79.0 Å². The number of nitrogens with zero attached hydrogens (tertiary/aromatic N) is 3. The molecule has 0 radical (unpaired) electrons. The van der Waals surface area contributed by atoms with E-state index in [0.717, 1.165) is 25.3 Å². The van der Waals surface area contributed by atoms with E-state index in [2.05, 4.69) is 54.1 Å². The van der Waals surface area contributed by atoms with E-state index in [4.69, 9.17) is 0 Å². The van der Waals surface area contributed by atoms with E-state index in [1.165, 1.54) is 11.6 Å². The lowest BCUT2D eigenvalue weighted by molar-refractivity contribution is 0.0698. The van der Waals surface area contributed by atoms with Crippen LogP contribution in [0.2, 0.25) is 0 Å². The van der Waals surface area contributed by atoms with Crippen LogP contribution in [0.4, 0.5) is 4.39 Å². The summed E-state index contributed by atoms with van der Waals surface area (Å²) < 4.78 is 14.4. The third kappa shape index (κ3) is 5.85. The molecule has 33 heavy (non-hydrogen) atoms. The van der Waals surface area contributed by atoms with Crippen LogP contribution in [0.25, 0.3) is 0 Å². The standard InChI is InChI=1S/C28H32FN3O/c1-21(2)16-32(28(33)25-13-6-7-14-27(25)29)18-23-17-31(19-24-12-8-9-15-30-24)20-26(23)22-10-4-3-5-11-22/h3-15,21,23,26H,16-20H2,1-2H3/t23-,26-/m0/s1. The van der Waals surface area contributed by atoms with E-state index in [1.807, 2.05) is 29.3 Å². The molecular weight excluding hydrogens is 413 g/mol. The molecule has 2 heterocycles. The molecule has 1 saturated heterocycles. The van der Waals surface area contributed by atoms with Crippen LogP contribution in [0.5, 0.6) is 0 Å². The van der Waals surface area contributed by atoms with Gasteiger partial charge in [-0.15, -0.1) is 0 Å². The van der Waals surface area contributed by atoms with Crippen molar-refractivity contribution in [1.29, 1.82) is 0 Å². The third-order valence-corrected chi connectivity index (χ3v) is 6.29. The first-order chi connectivity index (χ1) is 16.0. The summed E-state index contributed by atoms with van der Waals surface area (Å²) in [6.45, 7) is 7.96. The molecule has 5 heteroatoms. The molecule has 4 rings (SSSR count). The Morgan fingerprint density at radius 1 is 1.03 bits per heavy atom. The lowest BCUT2D eigenvalue weighted by atomic mass is 9.88. The summed E-state index contributed by atoms with van der Waals surface area (Å²) in [7, 11) is 0. The van der Waals surface area contributed by atoms with Gasteiger partial charge in [-0.05, 0) is 41.7 Å². The molecule has 0 spiro atoms. The summed E-state index contributed by atoms with van der Waals surface area (Å²) in [4.78, 5) is 22.1. The molecule has 1 aliphatic heterocycles. The molecule has 0 bridgehead atoms. The minimum absolute atomic E-state index is 0.151. The Morgan fingerprint density at radius 3 is 2.45 bits per heavy atom. The first-order valence-corrected chi connectivity index (χ1v) is 11.7. The Balaban J connectivity index is 1.58. The quantitative estimate of drug-likeness (QED) is 0.476. The number of aromatic nitrogens is 1. The van der Waals surface area contributed by atoms with Crippen LogP contribution in [0, 0.1) is 17.7 Å². The van der Waals surface area contributed by atoms with Crippen molar-refractivity contribution in [3.05, 3.63) is 102 Å². The first kappa shape index (κ1) is 23.1. The van der Waals surface area contributed by atoms with Gasteiger partial charge in [0.05, 0.1) is 11.3 Å². The maximum Gasteiger partial charge on any atom is 0.256 e. The van der Waals surface area contributed by atoms with Crippen molar-refractivity contribution in [1.82, 2.24) is 14.8 Å². The fraction of sp³-hybridized carbons (Fsp3) is 0.357. The molecule has 0 saturated carbocycles. The number of likely N-dealkylation sites (tertiary alicyclic amines) is 1. The second kappa shape index (κ2) is 10.7. The second-order valence-electron chi connectivity index (χ2n) is 9.38. The van der Waals surface area contributed by atoms with E-state index < -0.39 is 5.82 Å². The number of rotatable bonds is 8. The number of pyridine rings is 1. The molecule has 1 aliphatic rings. The molecule has 0 aliphatic carbocycles. The lowest BCUT2D eigenvalue weighted by Gasteiger charge is -2.30. The van der Waals surface area contributed by atoms with E-state index >= 15 is 0 Å². The van der Waals surface area contributed by atoms with Gasteiger partial charge in [-0.1, -0.05) is 62.4 Å². The molecule has 0 N–H and O–H groups in total. The average molecular weight is 446 g/mol. The smallest absolute Gasteiger partial charge is 0.256 e. The Hall–Kier alpha value is -3.05. The normalized spacial score (nSPS) is 18.5. The minimum atomic E-state index is -0.459. The lowest BCUT2D eigenvalue weighted by Crippen LogP contribution is -2.40. The molecule has 0 unspecified atom stereocenters. The van der Waals surface area contributed by atoms with Gasteiger partial charge in [0.15, 0.2) is 0 Å². The molecule has 4 nitrogen and oxygen atoms in total. The molecule has 3 aromatic rings. The third-order valence-electron chi connectivity index (χ3n) is 6.29. The van der Waals surface area contributed by atoms with E-state index in [1.54, 1.807) is 18.2 Å². The van der Waals surface area contributed by atoms with E-state index in [9.17, 15) is 9.18 Å². The number of amides is 1. The van der Waals surface area contributed by atoms with Gasteiger partial charge in [0.2, 0.25) is 0 Å². The SMILES string of the molecule is CC(C)CN(C[C@@H]1CN(Cc2ccccn2)C[C@H]1c1ccccc1)C(=O)c1ccccc1F.